The number of anilines is 2. The molecule has 1 heterocycles. The first-order valence-electron chi connectivity index (χ1n) is 11.9. The summed E-state index contributed by atoms with van der Waals surface area (Å²) in [6.45, 7) is 9.00. The fourth-order valence-electron chi connectivity index (χ4n) is 4.35. The third-order valence-electron chi connectivity index (χ3n) is 6.40. The number of carbonyl (C=O) groups is 3. The quantitative estimate of drug-likeness (QED) is 0.601. The van der Waals surface area contributed by atoms with Gasteiger partial charge >= 0.3 is 0 Å². The summed E-state index contributed by atoms with van der Waals surface area (Å²) in [7, 11) is 0. The highest BCUT2D eigenvalue weighted by molar-refractivity contribution is 6.02. The third kappa shape index (κ3) is 5.81. The molecule has 0 radical (unpaired) electrons. The van der Waals surface area contributed by atoms with Crippen molar-refractivity contribution in [1.29, 1.82) is 0 Å². The van der Waals surface area contributed by atoms with Gasteiger partial charge in [0.05, 0.1) is 12.5 Å². The van der Waals surface area contributed by atoms with E-state index in [9.17, 15) is 14.4 Å². The van der Waals surface area contributed by atoms with Crippen molar-refractivity contribution in [3.05, 3.63) is 59.7 Å². The van der Waals surface area contributed by atoms with E-state index in [-0.39, 0.29) is 30.7 Å². The van der Waals surface area contributed by atoms with Crippen molar-refractivity contribution < 1.29 is 14.4 Å². The lowest BCUT2D eigenvalue weighted by Crippen LogP contribution is -2.42. The Labute approximate surface area is 197 Å². The first-order chi connectivity index (χ1) is 15.8. The number of para-hydroxylation sites is 2. The second kappa shape index (κ2) is 11.1. The van der Waals surface area contributed by atoms with Crippen LogP contribution >= 0.6 is 0 Å². The molecule has 1 N–H and O–H groups in total. The number of rotatable bonds is 9. The number of amides is 3. The van der Waals surface area contributed by atoms with Crippen molar-refractivity contribution in [1.82, 2.24) is 4.90 Å². The highest BCUT2D eigenvalue weighted by atomic mass is 16.2. The maximum atomic E-state index is 13.4. The average molecular weight is 450 g/mol. The summed E-state index contributed by atoms with van der Waals surface area (Å²) in [6, 6.07) is 15.5. The number of aryl methyl sites for hydroxylation is 1. The summed E-state index contributed by atoms with van der Waals surface area (Å²) < 4.78 is 0. The van der Waals surface area contributed by atoms with Crippen LogP contribution in [0.3, 0.4) is 0 Å². The van der Waals surface area contributed by atoms with E-state index in [1.54, 1.807) is 9.80 Å². The molecule has 2 atom stereocenters. The molecule has 0 unspecified atom stereocenters. The van der Waals surface area contributed by atoms with Gasteiger partial charge in [-0.3, -0.25) is 14.4 Å². The monoisotopic (exact) mass is 449 g/mol. The molecule has 0 spiro atoms. The van der Waals surface area contributed by atoms with E-state index in [1.165, 1.54) is 0 Å². The Balaban J connectivity index is 1.71. The van der Waals surface area contributed by atoms with Crippen molar-refractivity contribution in [2.45, 2.75) is 52.9 Å². The third-order valence-corrected chi connectivity index (χ3v) is 6.40. The Kier molecular flexibility index (Phi) is 8.26. The molecular weight excluding hydrogens is 414 g/mol. The summed E-state index contributed by atoms with van der Waals surface area (Å²) in [5.74, 6) is -0.515. The van der Waals surface area contributed by atoms with Crippen LogP contribution < -0.4 is 10.2 Å². The molecule has 0 aromatic heterocycles. The lowest BCUT2D eigenvalue weighted by molar-refractivity contribution is -0.138. The number of nitrogens with one attached hydrogen (secondary N) is 1. The molecule has 0 aliphatic carbocycles. The molecule has 1 aliphatic heterocycles. The standard InChI is InChI=1S/C27H35N3O3/c1-5-15-29(18-25(31)28-23-13-9-7-11-20(23)4)27(33)21-16-26(32)30(17-21)24-14-10-8-12-22(24)19(3)6-2/h7-14,19,21H,5-6,15-18H2,1-4H3,(H,28,31)/t19-,21+/m1/s1. The van der Waals surface area contributed by atoms with Crippen molar-refractivity contribution in [3.8, 4) is 0 Å². The molecule has 0 saturated carbocycles. The van der Waals surface area contributed by atoms with E-state index in [0.717, 1.165) is 35.3 Å². The Morgan fingerprint density at radius 1 is 1.12 bits per heavy atom. The average Bonchev–Trinajstić information content (AvgIpc) is 3.20. The van der Waals surface area contributed by atoms with E-state index in [1.807, 2.05) is 56.3 Å². The number of hydrogen-bond donors (Lipinski definition) is 1. The summed E-state index contributed by atoms with van der Waals surface area (Å²) in [6.07, 6.45) is 1.89. The van der Waals surface area contributed by atoms with E-state index in [2.05, 4.69) is 25.2 Å². The topological polar surface area (TPSA) is 69.7 Å². The zero-order valence-corrected chi connectivity index (χ0v) is 20.1. The highest BCUT2D eigenvalue weighted by Gasteiger charge is 2.38. The van der Waals surface area contributed by atoms with Crippen molar-refractivity contribution in [2.24, 2.45) is 5.92 Å². The van der Waals surface area contributed by atoms with Crippen LogP contribution in [0.5, 0.6) is 0 Å². The van der Waals surface area contributed by atoms with E-state index in [4.69, 9.17) is 0 Å². The zero-order valence-electron chi connectivity index (χ0n) is 20.1. The van der Waals surface area contributed by atoms with Gasteiger partial charge in [0.2, 0.25) is 17.7 Å². The van der Waals surface area contributed by atoms with Gasteiger partial charge in [0, 0.05) is 30.9 Å². The van der Waals surface area contributed by atoms with Crippen LogP contribution in [0.4, 0.5) is 11.4 Å². The van der Waals surface area contributed by atoms with Crippen LogP contribution in [0.2, 0.25) is 0 Å². The molecule has 1 aliphatic rings. The fraction of sp³-hybridized carbons (Fsp3) is 0.444. The predicted molar refractivity (Wildman–Crippen MR) is 132 cm³/mol. The van der Waals surface area contributed by atoms with E-state index < -0.39 is 5.92 Å². The van der Waals surface area contributed by atoms with Crippen LogP contribution in [0.25, 0.3) is 0 Å². The van der Waals surface area contributed by atoms with Crippen molar-refractivity contribution in [2.75, 3.05) is 29.9 Å². The molecular formula is C27H35N3O3. The molecule has 2 aromatic rings. The smallest absolute Gasteiger partial charge is 0.244 e. The van der Waals surface area contributed by atoms with Crippen LogP contribution in [-0.2, 0) is 14.4 Å². The summed E-state index contributed by atoms with van der Waals surface area (Å²) in [5.41, 5.74) is 3.74. The van der Waals surface area contributed by atoms with E-state index in [0.29, 0.717) is 19.0 Å². The molecule has 6 heteroatoms. The molecule has 3 rings (SSSR count). The molecule has 2 aromatic carbocycles. The summed E-state index contributed by atoms with van der Waals surface area (Å²) >= 11 is 0. The molecule has 0 bridgehead atoms. The predicted octanol–water partition coefficient (Wildman–Crippen LogP) is 4.74. The van der Waals surface area contributed by atoms with Crippen molar-refractivity contribution in [3.63, 3.8) is 0 Å². The minimum atomic E-state index is -0.444. The number of hydrogen-bond acceptors (Lipinski definition) is 3. The molecule has 33 heavy (non-hydrogen) atoms. The first-order valence-corrected chi connectivity index (χ1v) is 11.9. The summed E-state index contributed by atoms with van der Waals surface area (Å²) in [4.78, 5) is 42.3. The molecule has 1 fully saturated rings. The Bertz CT molecular complexity index is 1000. The largest absolute Gasteiger partial charge is 0.333 e. The number of carbonyl (C=O) groups excluding carboxylic acids is 3. The molecule has 1 saturated heterocycles. The van der Waals surface area contributed by atoms with Crippen LogP contribution in [0.15, 0.2) is 48.5 Å². The second-order valence-electron chi connectivity index (χ2n) is 8.90. The lowest BCUT2D eigenvalue weighted by atomic mass is 9.96. The number of nitrogens with zero attached hydrogens (tertiary/aromatic N) is 2. The first kappa shape index (κ1) is 24.5. The molecule has 3 amide bonds. The highest BCUT2D eigenvalue weighted by Crippen LogP contribution is 2.34. The van der Waals surface area contributed by atoms with Crippen LogP contribution in [0.1, 0.15) is 57.1 Å². The Morgan fingerprint density at radius 2 is 1.82 bits per heavy atom. The Hall–Kier alpha value is -3.15. The normalized spacial score (nSPS) is 16.5. The maximum Gasteiger partial charge on any atom is 0.244 e. The fourth-order valence-corrected chi connectivity index (χ4v) is 4.35. The maximum absolute atomic E-state index is 13.4. The van der Waals surface area contributed by atoms with Gasteiger partial charge in [-0.25, -0.2) is 0 Å². The molecule has 176 valence electrons. The van der Waals surface area contributed by atoms with Gasteiger partial charge in [-0.1, -0.05) is 57.2 Å². The van der Waals surface area contributed by atoms with Crippen LogP contribution in [-0.4, -0.2) is 42.3 Å². The van der Waals surface area contributed by atoms with Gasteiger partial charge in [-0.05, 0) is 48.9 Å². The Morgan fingerprint density at radius 3 is 2.52 bits per heavy atom. The van der Waals surface area contributed by atoms with Crippen LogP contribution in [0, 0.1) is 12.8 Å². The lowest BCUT2D eigenvalue weighted by Gasteiger charge is -2.26. The van der Waals surface area contributed by atoms with Crippen molar-refractivity contribution >= 4 is 29.1 Å². The minimum absolute atomic E-state index is 0.0187. The van der Waals surface area contributed by atoms with Gasteiger partial charge in [0.25, 0.3) is 0 Å². The van der Waals surface area contributed by atoms with Gasteiger partial charge in [-0.15, -0.1) is 0 Å². The van der Waals surface area contributed by atoms with Gasteiger partial charge in [-0.2, -0.15) is 0 Å². The zero-order chi connectivity index (χ0) is 24.0. The van der Waals surface area contributed by atoms with Gasteiger partial charge in [0.15, 0.2) is 0 Å². The van der Waals surface area contributed by atoms with Gasteiger partial charge in [0.1, 0.15) is 0 Å². The second-order valence-corrected chi connectivity index (χ2v) is 8.90. The van der Waals surface area contributed by atoms with E-state index >= 15 is 0 Å². The summed E-state index contributed by atoms with van der Waals surface area (Å²) in [5, 5.41) is 2.90. The van der Waals surface area contributed by atoms with Gasteiger partial charge < -0.3 is 15.1 Å². The molecule has 6 nitrogen and oxygen atoms in total. The SMILES string of the molecule is CCCN(CC(=O)Nc1ccccc1C)C(=O)[C@H]1CC(=O)N(c2ccccc2[C@H](C)CC)C1. The number of benzene rings is 2. The minimum Gasteiger partial charge on any atom is -0.333 e.